The van der Waals surface area contributed by atoms with Crippen LogP contribution in [0.5, 0.6) is 0 Å². The number of sulfonamides is 2. The Morgan fingerprint density at radius 2 is 1.26 bits per heavy atom. The van der Waals surface area contributed by atoms with Gasteiger partial charge in [0.1, 0.15) is 10.0 Å². The van der Waals surface area contributed by atoms with Gasteiger partial charge in [-0.25, -0.2) is 21.2 Å². The van der Waals surface area contributed by atoms with Crippen LogP contribution in [0.15, 0.2) is 69.8 Å². The maximum atomic E-state index is 12.9. The zero-order chi connectivity index (χ0) is 19.7. The van der Waals surface area contributed by atoms with Crippen molar-refractivity contribution >= 4 is 42.8 Å². The van der Waals surface area contributed by atoms with E-state index in [1.807, 2.05) is 6.92 Å². The highest BCUT2D eigenvalue weighted by Gasteiger charge is 2.17. The number of benzene rings is 2. The first-order valence-corrected chi connectivity index (χ1v) is 11.4. The Kier molecular flexibility index (Phi) is 5.22. The average Bonchev–Trinajstić information content (AvgIpc) is 3.04. The van der Waals surface area contributed by atoms with Crippen LogP contribution in [-0.4, -0.2) is 16.8 Å². The Labute approximate surface area is 160 Å². The summed E-state index contributed by atoms with van der Waals surface area (Å²) in [5, 5.41) is 0. The lowest BCUT2D eigenvalue weighted by molar-refractivity contribution is 0.598. The Hall–Kier alpha value is -2.43. The zero-order valence-electron chi connectivity index (χ0n) is 14.0. The van der Waals surface area contributed by atoms with Gasteiger partial charge in [-0.15, -0.1) is 11.3 Å². The van der Waals surface area contributed by atoms with Gasteiger partial charge in [0.15, 0.2) is 0 Å². The molecule has 10 heteroatoms. The highest BCUT2D eigenvalue weighted by atomic mass is 32.2. The summed E-state index contributed by atoms with van der Waals surface area (Å²) in [6, 6.07) is 13.4. The van der Waals surface area contributed by atoms with Gasteiger partial charge in [0, 0.05) is 16.3 Å². The van der Waals surface area contributed by atoms with E-state index < -0.39 is 25.9 Å². The molecule has 0 spiro atoms. The molecule has 0 atom stereocenters. The minimum Gasteiger partial charge on any atom is -0.280 e. The topological polar surface area (TPSA) is 92.3 Å². The van der Waals surface area contributed by atoms with Gasteiger partial charge in [-0.2, -0.15) is 0 Å². The second-order valence-corrected chi connectivity index (χ2v) is 10.5. The molecule has 3 rings (SSSR count). The van der Waals surface area contributed by atoms with Gasteiger partial charge in [0.05, 0.1) is 4.90 Å². The molecule has 0 radical (unpaired) electrons. The zero-order valence-corrected chi connectivity index (χ0v) is 16.5. The fraction of sp³-hybridized carbons (Fsp3) is 0.0588. The molecule has 0 unspecified atom stereocenters. The monoisotopic (exact) mass is 426 g/mol. The van der Waals surface area contributed by atoms with Gasteiger partial charge in [-0.3, -0.25) is 9.44 Å². The number of nitrogens with one attached hydrogen (secondary N) is 2. The predicted molar refractivity (Wildman–Crippen MR) is 104 cm³/mol. The van der Waals surface area contributed by atoms with Crippen molar-refractivity contribution in [2.75, 3.05) is 9.44 Å². The van der Waals surface area contributed by atoms with E-state index in [0.29, 0.717) is 5.69 Å². The minimum absolute atomic E-state index is 0.0817. The van der Waals surface area contributed by atoms with E-state index in [4.69, 9.17) is 0 Å². The Morgan fingerprint density at radius 1 is 0.741 bits per heavy atom. The van der Waals surface area contributed by atoms with Gasteiger partial charge < -0.3 is 0 Å². The number of rotatable bonds is 6. The highest BCUT2D eigenvalue weighted by Crippen LogP contribution is 2.24. The van der Waals surface area contributed by atoms with Crippen LogP contribution in [0.2, 0.25) is 0 Å². The van der Waals surface area contributed by atoms with Crippen molar-refractivity contribution in [1.29, 1.82) is 0 Å². The molecule has 0 bridgehead atoms. The second-order valence-electron chi connectivity index (χ2n) is 5.61. The van der Waals surface area contributed by atoms with Crippen molar-refractivity contribution in [3.8, 4) is 0 Å². The Morgan fingerprint density at radius 3 is 1.74 bits per heavy atom. The van der Waals surface area contributed by atoms with E-state index in [1.165, 1.54) is 30.3 Å². The lowest BCUT2D eigenvalue weighted by atomic mass is 10.3. The molecule has 0 fully saturated rings. The summed E-state index contributed by atoms with van der Waals surface area (Å²) in [5.41, 5.74) is 0.542. The van der Waals surface area contributed by atoms with Crippen molar-refractivity contribution in [1.82, 2.24) is 0 Å². The summed E-state index contributed by atoms with van der Waals surface area (Å²) in [6.45, 7) is 1.81. The third kappa shape index (κ3) is 4.65. The van der Waals surface area contributed by atoms with Crippen molar-refractivity contribution < 1.29 is 21.2 Å². The van der Waals surface area contributed by atoms with Crippen LogP contribution in [0, 0.1) is 12.7 Å². The molecule has 1 heterocycles. The molecule has 0 saturated heterocycles. The molecule has 27 heavy (non-hydrogen) atoms. The van der Waals surface area contributed by atoms with Crippen molar-refractivity contribution in [2.24, 2.45) is 0 Å². The third-order valence-electron chi connectivity index (χ3n) is 3.49. The van der Waals surface area contributed by atoms with Crippen LogP contribution < -0.4 is 9.44 Å². The molecule has 2 aromatic carbocycles. The molecule has 2 N–H and O–H groups in total. The summed E-state index contributed by atoms with van der Waals surface area (Å²) in [7, 11) is -7.57. The molecule has 6 nitrogen and oxygen atoms in total. The summed E-state index contributed by atoms with van der Waals surface area (Å²) in [4.78, 5) is 0.794. The van der Waals surface area contributed by atoms with Gasteiger partial charge in [0.25, 0.3) is 20.0 Å². The van der Waals surface area contributed by atoms with Gasteiger partial charge in [-0.1, -0.05) is 0 Å². The average molecular weight is 427 g/mol. The third-order valence-corrected chi connectivity index (χ3v) is 7.76. The van der Waals surface area contributed by atoms with E-state index >= 15 is 0 Å². The molecule has 0 amide bonds. The number of aryl methyl sites for hydroxylation is 1. The molecule has 1 aromatic heterocycles. The van der Waals surface area contributed by atoms with Gasteiger partial charge in [0.2, 0.25) is 0 Å². The van der Waals surface area contributed by atoms with E-state index in [0.717, 1.165) is 40.5 Å². The smallest absolute Gasteiger partial charge is 0.271 e. The van der Waals surface area contributed by atoms with Crippen molar-refractivity contribution in [2.45, 2.75) is 16.0 Å². The molecule has 0 aliphatic carbocycles. The number of thiophene rings is 1. The van der Waals surface area contributed by atoms with Crippen LogP contribution in [0.25, 0.3) is 0 Å². The molecular formula is C17H15FN2O4S3. The fourth-order valence-corrected chi connectivity index (χ4v) is 5.60. The fourth-order valence-electron chi connectivity index (χ4n) is 2.20. The SMILES string of the molecule is Cc1ccc(S(=O)(=O)Nc2ccc(NS(=O)(=O)c3ccc(F)cc3)cc2)s1. The lowest BCUT2D eigenvalue weighted by Crippen LogP contribution is -2.13. The number of hydrogen-bond donors (Lipinski definition) is 2. The van der Waals surface area contributed by atoms with E-state index in [1.54, 1.807) is 6.07 Å². The maximum Gasteiger partial charge on any atom is 0.271 e. The van der Waals surface area contributed by atoms with Crippen LogP contribution in [-0.2, 0) is 20.0 Å². The van der Waals surface area contributed by atoms with E-state index in [-0.39, 0.29) is 14.8 Å². The number of halogens is 1. The molecule has 3 aromatic rings. The van der Waals surface area contributed by atoms with E-state index in [9.17, 15) is 21.2 Å². The molecule has 142 valence electrons. The Bertz CT molecular complexity index is 1150. The van der Waals surface area contributed by atoms with Crippen molar-refractivity contribution in [3.05, 3.63) is 71.4 Å². The van der Waals surface area contributed by atoms with Gasteiger partial charge in [-0.05, 0) is 67.6 Å². The lowest BCUT2D eigenvalue weighted by Gasteiger charge is -2.10. The molecule has 0 saturated carbocycles. The quantitative estimate of drug-likeness (QED) is 0.627. The summed E-state index contributed by atoms with van der Waals surface area (Å²) >= 11 is 1.15. The van der Waals surface area contributed by atoms with E-state index in [2.05, 4.69) is 9.44 Å². The maximum absolute atomic E-state index is 12.9. The van der Waals surface area contributed by atoms with Gasteiger partial charge >= 0.3 is 0 Å². The number of hydrogen-bond acceptors (Lipinski definition) is 5. The summed E-state index contributed by atoms with van der Waals surface area (Å²) in [6.07, 6.45) is 0. The normalized spacial score (nSPS) is 11.9. The van der Waals surface area contributed by atoms with Crippen LogP contribution >= 0.6 is 11.3 Å². The second kappa shape index (κ2) is 7.29. The minimum atomic E-state index is -3.87. The largest absolute Gasteiger partial charge is 0.280 e. The Balaban J connectivity index is 1.74. The highest BCUT2D eigenvalue weighted by molar-refractivity contribution is 7.94. The van der Waals surface area contributed by atoms with Crippen LogP contribution in [0.4, 0.5) is 15.8 Å². The molecule has 0 aliphatic rings. The van der Waals surface area contributed by atoms with Crippen LogP contribution in [0.1, 0.15) is 4.88 Å². The summed E-state index contributed by atoms with van der Waals surface area (Å²) < 4.78 is 67.1. The first-order chi connectivity index (χ1) is 12.7. The summed E-state index contributed by atoms with van der Waals surface area (Å²) in [5.74, 6) is -0.536. The number of anilines is 2. The predicted octanol–water partition coefficient (Wildman–Crippen LogP) is 3.80. The first-order valence-electron chi connectivity index (χ1n) is 7.63. The first kappa shape index (κ1) is 19.3. The molecule has 0 aliphatic heterocycles. The van der Waals surface area contributed by atoms with Crippen molar-refractivity contribution in [3.63, 3.8) is 0 Å². The molecular weight excluding hydrogens is 411 g/mol. The standard InChI is InChI=1S/C17H15FN2O4S3/c1-12-2-11-17(25-12)27(23,24)20-15-7-5-14(6-8-15)19-26(21,22)16-9-3-13(18)4-10-16/h2-11,19-20H,1H3. The van der Waals surface area contributed by atoms with Crippen LogP contribution in [0.3, 0.4) is 0 Å².